The van der Waals surface area contributed by atoms with Crippen molar-refractivity contribution in [3.63, 3.8) is 0 Å². The molecule has 0 aliphatic heterocycles. The first-order valence-electron chi connectivity index (χ1n) is 8.67. The zero-order valence-corrected chi connectivity index (χ0v) is 16.2. The molecule has 3 rings (SSSR count). The molecule has 1 N–H and O–H groups in total. The minimum atomic E-state index is -0.541. The van der Waals surface area contributed by atoms with Gasteiger partial charge in [0.2, 0.25) is 0 Å². The summed E-state index contributed by atoms with van der Waals surface area (Å²) in [5.41, 5.74) is 1.26. The summed E-state index contributed by atoms with van der Waals surface area (Å²) in [6, 6.07) is 16.5. The van der Waals surface area contributed by atoms with Gasteiger partial charge in [-0.3, -0.25) is 19.9 Å². The Labute approximate surface area is 175 Å². The third-order valence-corrected chi connectivity index (χ3v) is 4.18. The Bertz CT molecular complexity index is 1100. The lowest BCUT2D eigenvalue weighted by molar-refractivity contribution is -0.384. The number of nitro benzene ring substituents is 1. The van der Waals surface area contributed by atoms with E-state index in [0.29, 0.717) is 11.3 Å². The summed E-state index contributed by atoms with van der Waals surface area (Å²) in [5, 5.41) is 13.3. The summed E-state index contributed by atoms with van der Waals surface area (Å²) < 4.78 is 18.9. The van der Waals surface area contributed by atoms with Gasteiger partial charge in [0.25, 0.3) is 11.6 Å². The first kappa shape index (κ1) is 20.9. The molecule has 0 unspecified atom stereocenters. The predicted octanol–water partition coefficient (Wildman–Crippen LogP) is 5.16. The van der Waals surface area contributed by atoms with Gasteiger partial charge in [-0.25, -0.2) is 4.39 Å². The van der Waals surface area contributed by atoms with E-state index in [1.54, 1.807) is 30.5 Å². The Morgan fingerprint density at radius 3 is 2.57 bits per heavy atom. The highest BCUT2D eigenvalue weighted by Crippen LogP contribution is 2.25. The van der Waals surface area contributed by atoms with Crippen molar-refractivity contribution in [2.24, 2.45) is 4.99 Å². The normalized spacial score (nSPS) is 10.7. The molecule has 0 saturated heterocycles. The van der Waals surface area contributed by atoms with Crippen LogP contribution >= 0.6 is 11.6 Å². The third kappa shape index (κ3) is 5.62. The molecule has 0 fully saturated rings. The van der Waals surface area contributed by atoms with E-state index in [1.165, 1.54) is 42.5 Å². The fourth-order valence-corrected chi connectivity index (χ4v) is 2.66. The van der Waals surface area contributed by atoms with Crippen LogP contribution in [0, 0.1) is 15.9 Å². The Morgan fingerprint density at radius 1 is 1.17 bits per heavy atom. The van der Waals surface area contributed by atoms with E-state index in [1.807, 2.05) is 0 Å². The number of rotatable bonds is 7. The number of hydrogen-bond donors (Lipinski definition) is 1. The molecule has 1 amide bonds. The minimum Gasteiger partial charge on any atom is -0.482 e. The maximum absolute atomic E-state index is 13.6. The van der Waals surface area contributed by atoms with E-state index in [4.69, 9.17) is 16.3 Å². The zero-order valence-electron chi connectivity index (χ0n) is 15.4. The summed E-state index contributed by atoms with van der Waals surface area (Å²) in [4.78, 5) is 26.3. The lowest BCUT2D eigenvalue weighted by Gasteiger charge is -2.09. The van der Waals surface area contributed by atoms with Crippen LogP contribution < -0.4 is 10.1 Å². The minimum absolute atomic E-state index is 0.0162. The summed E-state index contributed by atoms with van der Waals surface area (Å²) in [5.74, 6) is -0.784. The largest absolute Gasteiger partial charge is 0.482 e. The molecule has 0 aromatic heterocycles. The number of amides is 1. The predicted molar refractivity (Wildman–Crippen MR) is 112 cm³/mol. The number of benzene rings is 3. The number of aliphatic imine (C=N–C) groups is 1. The van der Waals surface area contributed by atoms with Gasteiger partial charge in [0, 0.05) is 18.3 Å². The summed E-state index contributed by atoms with van der Waals surface area (Å²) in [7, 11) is 0. The second-order valence-corrected chi connectivity index (χ2v) is 6.45. The number of halogens is 2. The molecule has 30 heavy (non-hydrogen) atoms. The average Bonchev–Trinajstić information content (AvgIpc) is 2.73. The number of anilines is 1. The second-order valence-electron chi connectivity index (χ2n) is 6.04. The molecule has 3 aromatic rings. The van der Waals surface area contributed by atoms with Crippen LogP contribution in [0.4, 0.5) is 21.5 Å². The van der Waals surface area contributed by atoms with E-state index in [9.17, 15) is 19.3 Å². The molecule has 0 aliphatic carbocycles. The quantitative estimate of drug-likeness (QED) is 0.320. The SMILES string of the molecule is O=C(COc1ccc(C=Nc2ccc([N+](=O)[O-])cc2)cc1Cl)Nc1ccccc1F. The number of non-ortho nitro benzene ring substituents is 1. The smallest absolute Gasteiger partial charge is 0.269 e. The summed E-state index contributed by atoms with van der Waals surface area (Å²) >= 11 is 6.18. The number of para-hydroxylation sites is 1. The standard InChI is InChI=1S/C21H15ClFN3O4/c22-17-11-14(12-24-15-6-8-16(9-7-15)26(28)29)5-10-20(17)30-13-21(27)25-19-4-2-1-3-18(19)23/h1-12H,13H2,(H,25,27). The Balaban J connectivity index is 1.58. The topological polar surface area (TPSA) is 93.8 Å². The van der Waals surface area contributed by atoms with Gasteiger partial charge in [-0.1, -0.05) is 23.7 Å². The first-order chi connectivity index (χ1) is 14.4. The van der Waals surface area contributed by atoms with Crippen LogP contribution in [0.2, 0.25) is 5.02 Å². The van der Waals surface area contributed by atoms with Crippen LogP contribution in [-0.4, -0.2) is 23.7 Å². The fourth-order valence-electron chi connectivity index (χ4n) is 2.42. The van der Waals surface area contributed by atoms with Gasteiger partial charge in [-0.15, -0.1) is 0 Å². The molecular formula is C21H15ClFN3O4. The summed E-state index contributed by atoms with van der Waals surface area (Å²) in [6.45, 7) is -0.343. The Hall–Kier alpha value is -3.78. The van der Waals surface area contributed by atoms with Crippen molar-refractivity contribution in [1.82, 2.24) is 0 Å². The van der Waals surface area contributed by atoms with Crippen molar-refractivity contribution in [3.05, 3.63) is 93.2 Å². The Kier molecular flexibility index (Phi) is 6.71. The number of ether oxygens (including phenoxy) is 1. The van der Waals surface area contributed by atoms with Crippen molar-refractivity contribution in [2.45, 2.75) is 0 Å². The molecular weight excluding hydrogens is 413 g/mol. The van der Waals surface area contributed by atoms with Crippen molar-refractivity contribution < 1.29 is 18.8 Å². The lowest BCUT2D eigenvalue weighted by Crippen LogP contribution is -2.20. The van der Waals surface area contributed by atoms with Gasteiger partial charge >= 0.3 is 0 Å². The highest BCUT2D eigenvalue weighted by molar-refractivity contribution is 6.32. The molecule has 152 valence electrons. The van der Waals surface area contributed by atoms with Gasteiger partial charge < -0.3 is 10.1 Å². The second kappa shape index (κ2) is 9.62. The van der Waals surface area contributed by atoms with Crippen LogP contribution in [0.15, 0.2) is 71.7 Å². The summed E-state index contributed by atoms with van der Waals surface area (Å²) in [6.07, 6.45) is 1.54. The van der Waals surface area contributed by atoms with Gasteiger partial charge in [-0.05, 0) is 48.0 Å². The maximum Gasteiger partial charge on any atom is 0.269 e. The highest BCUT2D eigenvalue weighted by atomic mass is 35.5. The van der Waals surface area contributed by atoms with Crippen molar-refractivity contribution in [1.29, 1.82) is 0 Å². The van der Waals surface area contributed by atoms with Crippen molar-refractivity contribution in [2.75, 3.05) is 11.9 Å². The molecule has 0 atom stereocenters. The van der Waals surface area contributed by atoms with Crippen LogP contribution in [0.5, 0.6) is 5.75 Å². The molecule has 0 radical (unpaired) electrons. The van der Waals surface area contributed by atoms with E-state index in [-0.39, 0.29) is 28.8 Å². The van der Waals surface area contributed by atoms with Crippen LogP contribution in [0.3, 0.4) is 0 Å². The number of carbonyl (C=O) groups excluding carboxylic acids is 1. The number of nitro groups is 1. The first-order valence-corrected chi connectivity index (χ1v) is 9.05. The van der Waals surface area contributed by atoms with Crippen LogP contribution in [0.25, 0.3) is 0 Å². The number of carbonyl (C=O) groups is 1. The molecule has 0 heterocycles. The number of nitrogens with zero attached hydrogens (tertiary/aromatic N) is 2. The van der Waals surface area contributed by atoms with Crippen molar-refractivity contribution in [3.8, 4) is 5.75 Å². The van der Waals surface area contributed by atoms with E-state index in [2.05, 4.69) is 10.3 Å². The molecule has 0 saturated carbocycles. The highest BCUT2D eigenvalue weighted by Gasteiger charge is 2.09. The molecule has 9 heteroatoms. The number of hydrogen-bond acceptors (Lipinski definition) is 5. The van der Waals surface area contributed by atoms with Crippen LogP contribution in [0.1, 0.15) is 5.56 Å². The van der Waals surface area contributed by atoms with E-state index < -0.39 is 16.6 Å². The molecule has 3 aromatic carbocycles. The third-order valence-electron chi connectivity index (χ3n) is 3.89. The number of nitrogens with one attached hydrogen (secondary N) is 1. The average molecular weight is 428 g/mol. The van der Waals surface area contributed by atoms with Gasteiger partial charge in [0.15, 0.2) is 6.61 Å². The monoisotopic (exact) mass is 427 g/mol. The lowest BCUT2D eigenvalue weighted by atomic mass is 10.2. The zero-order chi connectivity index (χ0) is 21.5. The van der Waals surface area contributed by atoms with Crippen molar-refractivity contribution >= 4 is 40.8 Å². The molecule has 0 spiro atoms. The van der Waals surface area contributed by atoms with Gasteiger partial charge in [0.1, 0.15) is 11.6 Å². The molecule has 0 aliphatic rings. The van der Waals surface area contributed by atoms with Crippen LogP contribution in [-0.2, 0) is 4.79 Å². The molecule has 7 nitrogen and oxygen atoms in total. The Morgan fingerprint density at radius 2 is 1.90 bits per heavy atom. The van der Waals surface area contributed by atoms with Gasteiger partial charge in [0.05, 0.1) is 21.3 Å². The molecule has 0 bridgehead atoms. The fraction of sp³-hybridized carbons (Fsp3) is 0.0476. The van der Waals surface area contributed by atoms with Gasteiger partial charge in [-0.2, -0.15) is 0 Å². The van der Waals surface area contributed by atoms with E-state index in [0.717, 1.165) is 0 Å². The van der Waals surface area contributed by atoms with E-state index >= 15 is 0 Å². The maximum atomic E-state index is 13.6.